The van der Waals surface area contributed by atoms with Gasteiger partial charge in [0, 0.05) is 5.54 Å². The summed E-state index contributed by atoms with van der Waals surface area (Å²) in [5, 5.41) is 0. The molecule has 0 aromatic heterocycles. The summed E-state index contributed by atoms with van der Waals surface area (Å²) in [6.07, 6.45) is 9.23. The van der Waals surface area contributed by atoms with Crippen LogP contribution in [0.1, 0.15) is 51.9 Å². The van der Waals surface area contributed by atoms with Crippen LogP contribution in [-0.2, 0) is 0 Å². The molecule has 0 radical (unpaired) electrons. The Bertz CT molecular complexity index is 189. The van der Waals surface area contributed by atoms with Crippen molar-refractivity contribution in [2.75, 3.05) is 19.6 Å². The molecule has 2 nitrogen and oxygen atoms in total. The Morgan fingerprint density at radius 2 is 1.80 bits per heavy atom. The van der Waals surface area contributed by atoms with Gasteiger partial charge in [-0.25, -0.2) is 0 Å². The van der Waals surface area contributed by atoms with Gasteiger partial charge in [0.2, 0.25) is 0 Å². The third kappa shape index (κ3) is 3.18. The van der Waals surface area contributed by atoms with Crippen LogP contribution < -0.4 is 5.73 Å². The first-order chi connectivity index (χ1) is 7.18. The van der Waals surface area contributed by atoms with Crippen LogP contribution in [0.5, 0.6) is 0 Å². The van der Waals surface area contributed by atoms with Crippen LogP contribution in [0, 0.1) is 5.92 Å². The highest BCUT2D eigenvalue weighted by Gasteiger charge is 2.29. The number of hydrogen-bond donors (Lipinski definition) is 1. The minimum absolute atomic E-state index is 0.197. The summed E-state index contributed by atoms with van der Waals surface area (Å²) in [6.45, 7) is 6.22. The second kappa shape index (κ2) is 4.84. The predicted octanol–water partition coefficient (Wildman–Crippen LogP) is 2.38. The van der Waals surface area contributed by atoms with E-state index in [0.29, 0.717) is 0 Å². The van der Waals surface area contributed by atoms with Gasteiger partial charge in [-0.2, -0.15) is 0 Å². The Labute approximate surface area is 94.2 Å². The number of likely N-dealkylation sites (tertiary alicyclic amines) is 1. The normalized spacial score (nSPS) is 28.4. The van der Waals surface area contributed by atoms with E-state index in [2.05, 4.69) is 11.8 Å². The maximum atomic E-state index is 6.38. The van der Waals surface area contributed by atoms with E-state index in [-0.39, 0.29) is 5.54 Å². The number of piperidine rings is 1. The smallest absolute Gasteiger partial charge is 0.0166 e. The third-order valence-corrected chi connectivity index (χ3v) is 4.40. The Morgan fingerprint density at radius 3 is 2.40 bits per heavy atom. The molecule has 0 aromatic carbocycles. The molecule has 0 amide bonds. The monoisotopic (exact) mass is 210 g/mol. The Hall–Kier alpha value is -0.0800. The van der Waals surface area contributed by atoms with Gasteiger partial charge in [-0.15, -0.1) is 0 Å². The molecule has 0 spiro atoms. The molecule has 2 fully saturated rings. The van der Waals surface area contributed by atoms with Crippen LogP contribution >= 0.6 is 0 Å². The zero-order valence-corrected chi connectivity index (χ0v) is 10.2. The lowest BCUT2D eigenvalue weighted by Gasteiger charge is -2.33. The first kappa shape index (κ1) is 11.4. The van der Waals surface area contributed by atoms with E-state index in [1.807, 2.05) is 0 Å². The van der Waals surface area contributed by atoms with Gasteiger partial charge in [0.15, 0.2) is 0 Å². The topological polar surface area (TPSA) is 29.3 Å². The second-order valence-electron chi connectivity index (χ2n) is 5.84. The first-order valence-electron chi connectivity index (χ1n) is 6.69. The number of nitrogens with two attached hydrogens (primary N) is 1. The molecule has 1 heterocycles. The van der Waals surface area contributed by atoms with Crippen molar-refractivity contribution in [1.29, 1.82) is 0 Å². The maximum absolute atomic E-state index is 6.38. The molecular weight excluding hydrogens is 184 g/mol. The Balaban J connectivity index is 1.69. The predicted molar refractivity (Wildman–Crippen MR) is 64.8 cm³/mol. The minimum atomic E-state index is 0.197. The van der Waals surface area contributed by atoms with Crippen LogP contribution in [-0.4, -0.2) is 30.1 Å². The van der Waals surface area contributed by atoms with Crippen molar-refractivity contribution in [3.05, 3.63) is 0 Å². The maximum Gasteiger partial charge on any atom is 0.0166 e. The minimum Gasteiger partial charge on any atom is -0.325 e. The molecule has 0 aromatic rings. The fourth-order valence-electron chi connectivity index (χ4n) is 3.00. The van der Waals surface area contributed by atoms with Crippen LogP contribution in [0.2, 0.25) is 0 Å². The standard InChI is InChI=1S/C13H26N2/c1-12-4-9-15(10-5-12)11-8-13(14)6-2-3-7-13/h12H,2-11,14H2,1H3. The van der Waals surface area contributed by atoms with Crippen molar-refractivity contribution in [2.45, 2.75) is 57.4 Å². The number of hydrogen-bond acceptors (Lipinski definition) is 2. The summed E-state index contributed by atoms with van der Waals surface area (Å²) in [4.78, 5) is 2.62. The summed E-state index contributed by atoms with van der Waals surface area (Å²) in [7, 11) is 0. The zero-order valence-electron chi connectivity index (χ0n) is 10.2. The average Bonchev–Trinajstić information content (AvgIpc) is 2.65. The van der Waals surface area contributed by atoms with Gasteiger partial charge in [0.25, 0.3) is 0 Å². The number of rotatable bonds is 3. The summed E-state index contributed by atoms with van der Waals surface area (Å²) in [6, 6.07) is 0. The van der Waals surface area contributed by atoms with E-state index in [0.717, 1.165) is 5.92 Å². The number of nitrogens with zero attached hydrogens (tertiary/aromatic N) is 1. The highest BCUT2D eigenvalue weighted by Crippen LogP contribution is 2.30. The van der Waals surface area contributed by atoms with Crippen molar-refractivity contribution in [3.63, 3.8) is 0 Å². The molecule has 15 heavy (non-hydrogen) atoms. The SMILES string of the molecule is CC1CCN(CCC2(N)CCCC2)CC1. The summed E-state index contributed by atoms with van der Waals surface area (Å²) in [5.74, 6) is 0.944. The Morgan fingerprint density at radius 1 is 1.20 bits per heavy atom. The lowest BCUT2D eigenvalue weighted by atomic mass is 9.93. The van der Waals surface area contributed by atoms with Crippen molar-refractivity contribution < 1.29 is 0 Å². The van der Waals surface area contributed by atoms with Gasteiger partial charge >= 0.3 is 0 Å². The summed E-state index contributed by atoms with van der Waals surface area (Å²) < 4.78 is 0. The molecule has 1 aliphatic heterocycles. The lowest BCUT2D eigenvalue weighted by molar-refractivity contribution is 0.175. The largest absolute Gasteiger partial charge is 0.325 e. The van der Waals surface area contributed by atoms with Crippen molar-refractivity contribution in [2.24, 2.45) is 11.7 Å². The van der Waals surface area contributed by atoms with E-state index >= 15 is 0 Å². The third-order valence-electron chi connectivity index (χ3n) is 4.40. The van der Waals surface area contributed by atoms with E-state index < -0.39 is 0 Å². The van der Waals surface area contributed by atoms with E-state index in [4.69, 9.17) is 5.73 Å². The molecule has 0 atom stereocenters. The molecule has 2 heteroatoms. The van der Waals surface area contributed by atoms with Crippen LogP contribution in [0.25, 0.3) is 0 Å². The second-order valence-corrected chi connectivity index (χ2v) is 5.84. The van der Waals surface area contributed by atoms with Crippen molar-refractivity contribution >= 4 is 0 Å². The highest BCUT2D eigenvalue weighted by molar-refractivity contribution is 4.90. The fraction of sp³-hybridized carbons (Fsp3) is 1.00. The van der Waals surface area contributed by atoms with Crippen molar-refractivity contribution in [1.82, 2.24) is 4.90 Å². The van der Waals surface area contributed by atoms with Gasteiger partial charge in [0.1, 0.15) is 0 Å². The molecule has 88 valence electrons. The molecule has 0 unspecified atom stereocenters. The quantitative estimate of drug-likeness (QED) is 0.775. The first-order valence-corrected chi connectivity index (χ1v) is 6.69. The summed E-state index contributed by atoms with van der Waals surface area (Å²) in [5.41, 5.74) is 6.57. The fourth-order valence-corrected chi connectivity index (χ4v) is 3.00. The van der Waals surface area contributed by atoms with Gasteiger partial charge in [-0.3, -0.25) is 0 Å². The highest BCUT2D eigenvalue weighted by atomic mass is 15.1. The lowest BCUT2D eigenvalue weighted by Crippen LogP contribution is -2.42. The van der Waals surface area contributed by atoms with E-state index in [1.54, 1.807) is 0 Å². The Kier molecular flexibility index (Phi) is 3.68. The van der Waals surface area contributed by atoms with Crippen LogP contribution in [0.15, 0.2) is 0 Å². The van der Waals surface area contributed by atoms with Crippen LogP contribution in [0.4, 0.5) is 0 Å². The molecule has 0 bridgehead atoms. The van der Waals surface area contributed by atoms with E-state index in [9.17, 15) is 0 Å². The van der Waals surface area contributed by atoms with Crippen LogP contribution in [0.3, 0.4) is 0 Å². The molecule has 2 aliphatic rings. The molecular formula is C13H26N2. The molecule has 2 N–H and O–H groups in total. The van der Waals surface area contributed by atoms with Gasteiger partial charge in [-0.1, -0.05) is 19.8 Å². The van der Waals surface area contributed by atoms with E-state index in [1.165, 1.54) is 64.6 Å². The summed E-state index contributed by atoms with van der Waals surface area (Å²) >= 11 is 0. The molecule has 1 saturated heterocycles. The average molecular weight is 210 g/mol. The molecule has 2 rings (SSSR count). The van der Waals surface area contributed by atoms with Gasteiger partial charge < -0.3 is 10.6 Å². The van der Waals surface area contributed by atoms with Crippen molar-refractivity contribution in [3.8, 4) is 0 Å². The molecule has 1 aliphatic carbocycles. The van der Waals surface area contributed by atoms with Gasteiger partial charge in [0.05, 0.1) is 0 Å². The van der Waals surface area contributed by atoms with Gasteiger partial charge in [-0.05, 0) is 57.7 Å². The molecule has 1 saturated carbocycles. The zero-order chi connectivity index (χ0) is 10.7.